The fourth-order valence-electron chi connectivity index (χ4n) is 0.627. The van der Waals surface area contributed by atoms with Crippen LogP contribution >= 0.6 is 0 Å². The SMILES string of the molecule is Nc1ccc(N(N)O)cc1. The highest BCUT2D eigenvalue weighted by Gasteiger charge is 1.93. The molecule has 0 aliphatic rings. The lowest BCUT2D eigenvalue weighted by Gasteiger charge is -2.08. The molecule has 0 radical (unpaired) electrons. The van der Waals surface area contributed by atoms with Crippen LogP contribution in [0.25, 0.3) is 0 Å². The summed E-state index contributed by atoms with van der Waals surface area (Å²) in [6.07, 6.45) is 0. The van der Waals surface area contributed by atoms with Crippen molar-refractivity contribution in [3.63, 3.8) is 0 Å². The first-order chi connectivity index (χ1) is 4.70. The minimum Gasteiger partial charge on any atom is -0.399 e. The van der Waals surface area contributed by atoms with E-state index in [2.05, 4.69) is 0 Å². The average molecular weight is 139 g/mol. The molecule has 0 aromatic heterocycles. The van der Waals surface area contributed by atoms with Crippen LogP contribution in [-0.2, 0) is 0 Å². The molecule has 0 amide bonds. The summed E-state index contributed by atoms with van der Waals surface area (Å²) in [5.41, 5.74) is 6.54. The predicted octanol–water partition coefficient (Wildman–Crippen LogP) is 0.338. The van der Waals surface area contributed by atoms with Gasteiger partial charge in [-0.3, -0.25) is 5.21 Å². The summed E-state index contributed by atoms with van der Waals surface area (Å²) in [7, 11) is 0. The molecule has 10 heavy (non-hydrogen) atoms. The standard InChI is InChI=1S/C6H9N3O/c7-5-1-3-6(4-2-5)9(8)10/h1-4,10H,7-8H2. The molecule has 0 atom stereocenters. The summed E-state index contributed by atoms with van der Waals surface area (Å²) < 4.78 is 0. The number of hydrogen-bond donors (Lipinski definition) is 3. The van der Waals surface area contributed by atoms with Gasteiger partial charge in [0.05, 0.1) is 5.69 Å². The third-order valence-corrected chi connectivity index (χ3v) is 1.16. The van der Waals surface area contributed by atoms with Gasteiger partial charge in [0.15, 0.2) is 0 Å². The van der Waals surface area contributed by atoms with Gasteiger partial charge < -0.3 is 5.73 Å². The molecule has 0 spiro atoms. The first-order valence-corrected chi connectivity index (χ1v) is 2.79. The number of hydrogen-bond acceptors (Lipinski definition) is 4. The lowest BCUT2D eigenvalue weighted by Crippen LogP contribution is -2.25. The molecule has 0 saturated carbocycles. The Morgan fingerprint density at radius 1 is 1.20 bits per heavy atom. The molecule has 54 valence electrons. The normalized spacial score (nSPS) is 9.40. The highest BCUT2D eigenvalue weighted by Crippen LogP contribution is 2.11. The second-order valence-electron chi connectivity index (χ2n) is 1.94. The number of benzene rings is 1. The van der Waals surface area contributed by atoms with Gasteiger partial charge in [-0.05, 0) is 24.3 Å². The molecule has 0 saturated heterocycles. The van der Waals surface area contributed by atoms with Crippen LogP contribution in [0.2, 0.25) is 0 Å². The van der Waals surface area contributed by atoms with Crippen LogP contribution in [-0.4, -0.2) is 5.21 Å². The summed E-state index contributed by atoms with van der Waals surface area (Å²) in [6.45, 7) is 0. The zero-order valence-electron chi connectivity index (χ0n) is 5.36. The zero-order chi connectivity index (χ0) is 7.56. The molecule has 1 aromatic rings. The maximum Gasteiger partial charge on any atom is 0.0819 e. The molecule has 0 aliphatic heterocycles. The van der Waals surface area contributed by atoms with Crippen molar-refractivity contribution in [2.24, 2.45) is 5.84 Å². The summed E-state index contributed by atoms with van der Waals surface area (Å²) in [5.74, 6) is 5.01. The first kappa shape index (κ1) is 6.85. The van der Waals surface area contributed by atoms with Crippen LogP contribution in [0, 0.1) is 0 Å². The quantitative estimate of drug-likeness (QED) is 0.298. The van der Waals surface area contributed by atoms with E-state index in [-0.39, 0.29) is 0 Å². The van der Waals surface area contributed by atoms with Crippen molar-refractivity contribution in [2.45, 2.75) is 0 Å². The number of rotatable bonds is 1. The Kier molecular flexibility index (Phi) is 1.75. The molecule has 0 fully saturated rings. The number of anilines is 2. The summed E-state index contributed by atoms with van der Waals surface area (Å²) in [5, 5.41) is 9.23. The van der Waals surface area contributed by atoms with E-state index in [1.54, 1.807) is 24.3 Å². The van der Waals surface area contributed by atoms with Crippen LogP contribution in [0.1, 0.15) is 0 Å². The van der Waals surface area contributed by atoms with Crippen LogP contribution < -0.4 is 16.7 Å². The molecule has 1 aromatic carbocycles. The maximum absolute atomic E-state index is 8.68. The fraction of sp³-hybridized carbons (Fsp3) is 0. The number of hydrazine groups is 1. The van der Waals surface area contributed by atoms with E-state index in [1.807, 2.05) is 0 Å². The van der Waals surface area contributed by atoms with Gasteiger partial charge in [-0.15, -0.1) is 0 Å². The van der Waals surface area contributed by atoms with Gasteiger partial charge in [0.2, 0.25) is 0 Å². The lowest BCUT2D eigenvalue weighted by molar-refractivity contribution is 0.258. The number of nitrogens with zero attached hydrogens (tertiary/aromatic N) is 1. The van der Waals surface area contributed by atoms with Gasteiger partial charge >= 0.3 is 0 Å². The second kappa shape index (κ2) is 2.55. The molecule has 4 heteroatoms. The molecular weight excluding hydrogens is 130 g/mol. The van der Waals surface area contributed by atoms with E-state index in [4.69, 9.17) is 16.8 Å². The van der Waals surface area contributed by atoms with Gasteiger partial charge in [0.25, 0.3) is 0 Å². The molecule has 0 bridgehead atoms. The molecule has 5 N–H and O–H groups in total. The van der Waals surface area contributed by atoms with E-state index >= 15 is 0 Å². The third kappa shape index (κ3) is 1.37. The van der Waals surface area contributed by atoms with Crippen molar-refractivity contribution in [1.29, 1.82) is 0 Å². The highest BCUT2D eigenvalue weighted by molar-refractivity contribution is 5.50. The first-order valence-electron chi connectivity index (χ1n) is 2.79. The van der Waals surface area contributed by atoms with Crippen LogP contribution in [0.4, 0.5) is 11.4 Å². The summed E-state index contributed by atoms with van der Waals surface area (Å²) in [6, 6.07) is 6.56. The number of nitrogens with two attached hydrogens (primary N) is 2. The minimum absolute atomic E-state index is 0.509. The van der Waals surface area contributed by atoms with Crippen LogP contribution in [0.3, 0.4) is 0 Å². The fourth-order valence-corrected chi connectivity index (χ4v) is 0.627. The highest BCUT2D eigenvalue weighted by atomic mass is 16.5. The van der Waals surface area contributed by atoms with Gasteiger partial charge in [-0.2, -0.15) is 5.17 Å². The van der Waals surface area contributed by atoms with E-state index in [1.165, 1.54) is 0 Å². The van der Waals surface area contributed by atoms with Crippen molar-refractivity contribution in [2.75, 3.05) is 10.9 Å². The smallest absolute Gasteiger partial charge is 0.0819 e. The molecule has 1 rings (SSSR count). The van der Waals surface area contributed by atoms with Gasteiger partial charge in [-0.1, -0.05) is 0 Å². The number of nitrogen functional groups attached to an aromatic ring is 1. The van der Waals surface area contributed by atoms with Crippen molar-refractivity contribution in [3.8, 4) is 0 Å². The Labute approximate surface area is 58.6 Å². The van der Waals surface area contributed by atoms with E-state index in [0.717, 1.165) is 0 Å². The monoisotopic (exact) mass is 139 g/mol. The summed E-state index contributed by atoms with van der Waals surface area (Å²) >= 11 is 0. The minimum atomic E-state index is 0.509. The topological polar surface area (TPSA) is 75.5 Å². The van der Waals surface area contributed by atoms with Gasteiger partial charge in [0.1, 0.15) is 0 Å². The van der Waals surface area contributed by atoms with E-state index < -0.39 is 0 Å². The Morgan fingerprint density at radius 2 is 1.70 bits per heavy atom. The maximum atomic E-state index is 8.68. The van der Waals surface area contributed by atoms with E-state index in [0.29, 0.717) is 16.5 Å². The molecule has 0 aliphatic carbocycles. The largest absolute Gasteiger partial charge is 0.399 e. The lowest BCUT2D eigenvalue weighted by atomic mass is 10.3. The van der Waals surface area contributed by atoms with Gasteiger partial charge in [-0.25, -0.2) is 5.84 Å². The molecular formula is C6H9N3O. The van der Waals surface area contributed by atoms with Crippen molar-refractivity contribution in [3.05, 3.63) is 24.3 Å². The Morgan fingerprint density at radius 3 is 2.10 bits per heavy atom. The third-order valence-electron chi connectivity index (χ3n) is 1.16. The predicted molar refractivity (Wildman–Crippen MR) is 39.3 cm³/mol. The van der Waals surface area contributed by atoms with Crippen molar-refractivity contribution in [1.82, 2.24) is 0 Å². The van der Waals surface area contributed by atoms with Gasteiger partial charge in [0, 0.05) is 5.69 Å². The summed E-state index contributed by atoms with van der Waals surface area (Å²) in [4.78, 5) is 0. The molecule has 4 nitrogen and oxygen atoms in total. The Bertz CT molecular complexity index is 207. The van der Waals surface area contributed by atoms with Crippen LogP contribution in [0.5, 0.6) is 0 Å². The van der Waals surface area contributed by atoms with Crippen molar-refractivity contribution >= 4 is 11.4 Å². The molecule has 0 heterocycles. The average Bonchev–Trinajstić information content (AvgIpc) is 1.88. The van der Waals surface area contributed by atoms with Crippen LogP contribution in [0.15, 0.2) is 24.3 Å². The van der Waals surface area contributed by atoms with E-state index in [9.17, 15) is 0 Å². The zero-order valence-corrected chi connectivity index (χ0v) is 5.36. The Hall–Kier alpha value is -1.26. The molecule has 0 unspecified atom stereocenters. The Balaban J connectivity index is 2.89. The second-order valence-corrected chi connectivity index (χ2v) is 1.94. The van der Waals surface area contributed by atoms with Crippen molar-refractivity contribution < 1.29 is 5.21 Å².